The molecule has 1 aliphatic rings. The van der Waals surface area contributed by atoms with Gasteiger partial charge in [-0.25, -0.2) is 4.79 Å². The number of rotatable bonds is 4. The Bertz CT molecular complexity index is 707. The van der Waals surface area contributed by atoms with Gasteiger partial charge in [0.25, 0.3) is 0 Å². The summed E-state index contributed by atoms with van der Waals surface area (Å²) in [5, 5.41) is 10.5. The molecule has 5 nitrogen and oxygen atoms in total. The lowest BCUT2D eigenvalue weighted by Crippen LogP contribution is -2.40. The molecule has 0 radical (unpaired) electrons. The zero-order chi connectivity index (χ0) is 16.9. The molecule has 3 rings (SSSR count). The minimum atomic E-state index is -0.120. The Kier molecular flexibility index (Phi) is 5.45. The van der Waals surface area contributed by atoms with Crippen LogP contribution < -0.4 is 10.6 Å². The zero-order valence-electron chi connectivity index (χ0n) is 14.2. The predicted molar refractivity (Wildman–Crippen MR) is 99.7 cm³/mol. The molecule has 24 heavy (non-hydrogen) atoms. The van der Waals surface area contributed by atoms with Gasteiger partial charge in [-0.1, -0.05) is 12.1 Å². The molecular formula is C18H24N4OS. The Hall–Kier alpha value is -1.95. The Morgan fingerprint density at radius 3 is 2.96 bits per heavy atom. The van der Waals surface area contributed by atoms with Gasteiger partial charge in [0.05, 0.1) is 12.2 Å². The van der Waals surface area contributed by atoms with E-state index in [0.29, 0.717) is 6.54 Å². The van der Waals surface area contributed by atoms with E-state index < -0.39 is 0 Å². The van der Waals surface area contributed by atoms with E-state index in [-0.39, 0.29) is 12.1 Å². The van der Waals surface area contributed by atoms with Crippen LogP contribution in [-0.2, 0) is 6.54 Å². The highest BCUT2D eigenvalue weighted by atomic mass is 32.2. The first-order valence-corrected chi connectivity index (χ1v) is 9.51. The Labute approximate surface area is 147 Å². The van der Waals surface area contributed by atoms with Gasteiger partial charge in [0.15, 0.2) is 0 Å². The van der Waals surface area contributed by atoms with Crippen molar-refractivity contribution in [1.29, 1.82) is 0 Å². The Morgan fingerprint density at radius 2 is 2.25 bits per heavy atom. The van der Waals surface area contributed by atoms with Crippen molar-refractivity contribution in [2.75, 3.05) is 16.8 Å². The number of aryl methyl sites for hydroxylation is 2. The monoisotopic (exact) mass is 344 g/mol. The third kappa shape index (κ3) is 4.54. The van der Waals surface area contributed by atoms with Crippen LogP contribution in [0.3, 0.4) is 0 Å². The summed E-state index contributed by atoms with van der Waals surface area (Å²) in [5.41, 5.74) is 4.09. The number of urea groups is 1. The van der Waals surface area contributed by atoms with E-state index in [1.807, 2.05) is 41.6 Å². The fourth-order valence-corrected chi connectivity index (χ4v) is 4.03. The number of carbonyl (C=O) groups excluding carboxylic acids is 1. The maximum Gasteiger partial charge on any atom is 0.319 e. The maximum atomic E-state index is 12.2. The first-order chi connectivity index (χ1) is 11.6. The van der Waals surface area contributed by atoms with Gasteiger partial charge in [-0.05, 0) is 56.2 Å². The number of nitrogens with zero attached hydrogens (tertiary/aromatic N) is 2. The molecule has 2 heterocycles. The van der Waals surface area contributed by atoms with Gasteiger partial charge in [0.2, 0.25) is 0 Å². The average molecular weight is 344 g/mol. The van der Waals surface area contributed by atoms with Crippen LogP contribution in [-0.4, -0.2) is 33.4 Å². The molecule has 1 aromatic heterocycles. The number of thioether (sulfide) groups is 1. The highest BCUT2D eigenvalue weighted by molar-refractivity contribution is 7.99. The summed E-state index contributed by atoms with van der Waals surface area (Å²) in [6, 6.07) is 10.2. The number of amides is 2. The van der Waals surface area contributed by atoms with Crippen molar-refractivity contribution >= 4 is 23.5 Å². The van der Waals surface area contributed by atoms with Crippen LogP contribution in [0.25, 0.3) is 0 Å². The summed E-state index contributed by atoms with van der Waals surface area (Å²) in [5.74, 6) is 2.21. The molecule has 128 valence electrons. The van der Waals surface area contributed by atoms with Crippen LogP contribution in [0.4, 0.5) is 10.5 Å². The lowest BCUT2D eigenvalue weighted by molar-refractivity contribution is 0.248. The summed E-state index contributed by atoms with van der Waals surface area (Å²) in [4.78, 5) is 12.2. The molecule has 1 aliphatic heterocycles. The average Bonchev–Trinajstić information content (AvgIpc) is 2.86. The molecule has 1 saturated heterocycles. The van der Waals surface area contributed by atoms with Crippen molar-refractivity contribution in [3.8, 4) is 0 Å². The third-order valence-corrected chi connectivity index (χ3v) is 5.33. The lowest BCUT2D eigenvalue weighted by atomic mass is 10.2. The van der Waals surface area contributed by atoms with Gasteiger partial charge >= 0.3 is 6.03 Å². The van der Waals surface area contributed by atoms with Crippen LogP contribution in [0.2, 0.25) is 0 Å². The minimum absolute atomic E-state index is 0.120. The summed E-state index contributed by atoms with van der Waals surface area (Å²) in [6.45, 7) is 4.75. The van der Waals surface area contributed by atoms with Crippen LogP contribution in [0, 0.1) is 13.8 Å². The lowest BCUT2D eigenvalue weighted by Gasteiger charge is -2.22. The second-order valence-electron chi connectivity index (χ2n) is 6.30. The zero-order valence-corrected chi connectivity index (χ0v) is 15.0. The van der Waals surface area contributed by atoms with Gasteiger partial charge in [0.1, 0.15) is 0 Å². The van der Waals surface area contributed by atoms with E-state index in [4.69, 9.17) is 0 Å². The molecule has 1 aromatic carbocycles. The number of aromatic nitrogens is 2. The van der Waals surface area contributed by atoms with Crippen molar-refractivity contribution < 1.29 is 4.79 Å². The Morgan fingerprint density at radius 1 is 1.38 bits per heavy atom. The number of hydrogen-bond donors (Lipinski definition) is 2. The molecule has 2 amide bonds. The smallest absolute Gasteiger partial charge is 0.319 e. The van der Waals surface area contributed by atoms with E-state index in [9.17, 15) is 4.79 Å². The predicted octanol–water partition coefficient (Wildman–Crippen LogP) is 3.57. The van der Waals surface area contributed by atoms with Crippen molar-refractivity contribution in [3.63, 3.8) is 0 Å². The van der Waals surface area contributed by atoms with Gasteiger partial charge < -0.3 is 10.6 Å². The highest BCUT2D eigenvalue weighted by Crippen LogP contribution is 2.17. The Balaban J connectivity index is 1.60. The molecule has 1 unspecified atom stereocenters. The van der Waals surface area contributed by atoms with E-state index in [1.165, 1.54) is 12.2 Å². The van der Waals surface area contributed by atoms with Crippen molar-refractivity contribution in [2.24, 2.45) is 0 Å². The van der Waals surface area contributed by atoms with Crippen molar-refractivity contribution in [1.82, 2.24) is 15.1 Å². The summed E-state index contributed by atoms with van der Waals surface area (Å²) >= 11 is 1.91. The van der Waals surface area contributed by atoms with E-state index >= 15 is 0 Å². The largest absolute Gasteiger partial charge is 0.334 e. The molecule has 2 aromatic rings. The van der Waals surface area contributed by atoms with Gasteiger partial charge in [-0.15, -0.1) is 0 Å². The van der Waals surface area contributed by atoms with Crippen molar-refractivity contribution in [2.45, 2.75) is 39.3 Å². The molecular weight excluding hydrogens is 320 g/mol. The second-order valence-corrected chi connectivity index (χ2v) is 7.45. The first-order valence-electron chi connectivity index (χ1n) is 8.35. The van der Waals surface area contributed by atoms with Gasteiger partial charge in [0, 0.05) is 23.2 Å². The first kappa shape index (κ1) is 16.9. The second kappa shape index (κ2) is 7.75. The van der Waals surface area contributed by atoms with Crippen LogP contribution in [0.5, 0.6) is 0 Å². The molecule has 0 saturated carbocycles. The van der Waals surface area contributed by atoms with E-state index in [1.54, 1.807) is 0 Å². The third-order valence-electron chi connectivity index (χ3n) is 4.12. The minimum Gasteiger partial charge on any atom is -0.334 e. The fourth-order valence-electron chi connectivity index (χ4n) is 2.96. The normalized spacial score (nSPS) is 17.5. The van der Waals surface area contributed by atoms with Crippen molar-refractivity contribution in [3.05, 3.63) is 47.3 Å². The molecule has 2 N–H and O–H groups in total. The number of anilines is 1. The van der Waals surface area contributed by atoms with Crippen LogP contribution in [0.15, 0.2) is 30.3 Å². The number of nitrogens with one attached hydrogen (secondary N) is 2. The fraction of sp³-hybridized carbons (Fsp3) is 0.444. The molecule has 0 aliphatic carbocycles. The van der Waals surface area contributed by atoms with E-state index in [0.717, 1.165) is 34.8 Å². The van der Waals surface area contributed by atoms with Crippen LogP contribution in [0.1, 0.15) is 29.8 Å². The van der Waals surface area contributed by atoms with Gasteiger partial charge in [-0.2, -0.15) is 16.9 Å². The summed E-state index contributed by atoms with van der Waals surface area (Å²) in [7, 11) is 0. The maximum absolute atomic E-state index is 12.2. The number of benzene rings is 1. The quantitative estimate of drug-likeness (QED) is 0.891. The molecule has 6 heteroatoms. The summed E-state index contributed by atoms with van der Waals surface area (Å²) < 4.78 is 1.98. The molecule has 1 fully saturated rings. The topological polar surface area (TPSA) is 59.0 Å². The van der Waals surface area contributed by atoms with Gasteiger partial charge in [-0.3, -0.25) is 4.68 Å². The molecule has 0 bridgehead atoms. The number of hydrogen-bond acceptors (Lipinski definition) is 3. The SMILES string of the molecule is Cc1cc(C)n(Cc2cccc(NC(=O)NC3CCCSC3)c2)n1. The van der Waals surface area contributed by atoms with E-state index in [2.05, 4.69) is 34.8 Å². The molecule has 1 atom stereocenters. The van der Waals surface area contributed by atoms with Crippen LogP contribution >= 0.6 is 11.8 Å². The summed E-state index contributed by atoms with van der Waals surface area (Å²) in [6.07, 6.45) is 2.24. The highest BCUT2D eigenvalue weighted by Gasteiger charge is 2.16. The number of carbonyl (C=O) groups is 1. The standard InChI is InChI=1S/C18H24N4OS/c1-13-9-14(2)22(21-13)11-15-5-3-6-16(10-15)19-18(23)20-17-7-4-8-24-12-17/h3,5-6,9-10,17H,4,7-8,11-12H2,1-2H3,(H2,19,20,23). The molecule has 0 spiro atoms.